The van der Waals surface area contributed by atoms with E-state index in [1.807, 2.05) is 0 Å². The molecule has 2 saturated carbocycles. The lowest BCUT2D eigenvalue weighted by atomic mass is 9.83. The average molecular weight is 273 g/mol. The Balaban J connectivity index is 1.84. The molecule has 0 unspecified atom stereocenters. The fourth-order valence-electron chi connectivity index (χ4n) is 3.68. The van der Waals surface area contributed by atoms with Crippen molar-refractivity contribution in [3.8, 4) is 0 Å². The minimum absolute atomic E-state index is 0.00337. The zero-order valence-corrected chi connectivity index (χ0v) is 10.8. The number of carbonyl (C=O) groups is 1. The van der Waals surface area contributed by atoms with E-state index < -0.39 is 0 Å². The highest BCUT2D eigenvalue weighted by atomic mass is 79.9. The summed E-state index contributed by atoms with van der Waals surface area (Å²) >= 11 is 3.74. The van der Waals surface area contributed by atoms with Gasteiger partial charge in [0.15, 0.2) is 0 Å². The number of hydrogen-bond donors (Lipinski definition) is 0. The minimum atomic E-state index is -0.161. The van der Waals surface area contributed by atoms with Crippen LogP contribution in [0, 0.1) is 17.3 Å². The molecule has 3 heteroatoms. The molecule has 4 atom stereocenters. The first-order chi connectivity index (χ1) is 6.96. The van der Waals surface area contributed by atoms with E-state index in [2.05, 4.69) is 29.8 Å². The fourth-order valence-corrected chi connectivity index (χ4v) is 4.59. The summed E-state index contributed by atoms with van der Waals surface area (Å²) in [7, 11) is 0. The zero-order chi connectivity index (χ0) is 10.8. The predicted molar refractivity (Wildman–Crippen MR) is 60.8 cm³/mol. The molecule has 84 valence electrons. The summed E-state index contributed by atoms with van der Waals surface area (Å²) < 4.78 is 5.61. The van der Waals surface area contributed by atoms with Gasteiger partial charge in [0.05, 0.1) is 4.83 Å². The van der Waals surface area contributed by atoms with Gasteiger partial charge in [-0.1, -0.05) is 29.8 Å². The van der Waals surface area contributed by atoms with Crippen LogP contribution in [0.4, 0.5) is 0 Å². The normalized spacial score (nSPS) is 51.4. The number of ether oxygens (including phenoxy) is 1. The molecule has 1 spiro atoms. The molecule has 15 heavy (non-hydrogen) atoms. The number of carbonyl (C=O) groups excluding carboxylic acids is 1. The molecule has 0 N–H and O–H groups in total. The summed E-state index contributed by atoms with van der Waals surface area (Å²) in [5.74, 6) is 1.61. The average Bonchev–Trinajstić information content (AvgIpc) is 2.55. The maximum atomic E-state index is 11.3. The number of rotatable bonds is 0. The van der Waals surface area contributed by atoms with Crippen molar-refractivity contribution >= 4 is 21.9 Å². The first-order valence-corrected chi connectivity index (χ1v) is 6.73. The number of fused-ring (bicyclic) bond motifs is 1. The van der Waals surface area contributed by atoms with Gasteiger partial charge in [-0.25, -0.2) is 0 Å². The van der Waals surface area contributed by atoms with Gasteiger partial charge in [0.25, 0.3) is 0 Å². The standard InChI is InChI=1S/C12H17BrO2/c1-11(2)7-5-9(13)12(6-8(7)11)4-3-10(14)15-12/h7-9H,3-6H2,1-2H3/t7-,8+,9-,12-/m1/s1. The highest BCUT2D eigenvalue weighted by molar-refractivity contribution is 9.09. The van der Waals surface area contributed by atoms with E-state index in [0.29, 0.717) is 16.7 Å². The Morgan fingerprint density at radius 1 is 1.40 bits per heavy atom. The molecule has 0 aromatic carbocycles. The van der Waals surface area contributed by atoms with Crippen molar-refractivity contribution in [1.29, 1.82) is 0 Å². The second-order valence-electron chi connectivity index (χ2n) is 5.98. The second kappa shape index (κ2) is 2.79. The Kier molecular flexibility index (Phi) is 1.88. The molecule has 0 amide bonds. The van der Waals surface area contributed by atoms with E-state index >= 15 is 0 Å². The predicted octanol–water partition coefficient (Wildman–Crippen LogP) is 2.89. The van der Waals surface area contributed by atoms with Crippen LogP contribution in [0.5, 0.6) is 0 Å². The van der Waals surface area contributed by atoms with Gasteiger partial charge < -0.3 is 4.74 Å². The van der Waals surface area contributed by atoms with Crippen molar-refractivity contribution in [1.82, 2.24) is 0 Å². The van der Waals surface area contributed by atoms with Crippen LogP contribution in [-0.4, -0.2) is 16.4 Å². The molecular formula is C12H17BrO2. The second-order valence-corrected chi connectivity index (χ2v) is 7.09. The topological polar surface area (TPSA) is 26.3 Å². The molecule has 1 heterocycles. The third-order valence-electron chi connectivity index (χ3n) is 4.95. The number of hydrogen-bond acceptors (Lipinski definition) is 2. The molecule has 3 fully saturated rings. The van der Waals surface area contributed by atoms with Gasteiger partial charge in [-0.15, -0.1) is 0 Å². The van der Waals surface area contributed by atoms with Crippen molar-refractivity contribution in [3.63, 3.8) is 0 Å². The Labute approximate surface area is 98.9 Å². The first-order valence-electron chi connectivity index (χ1n) is 5.82. The van der Waals surface area contributed by atoms with Crippen molar-refractivity contribution < 1.29 is 9.53 Å². The largest absolute Gasteiger partial charge is 0.458 e. The Hall–Kier alpha value is -0.0500. The smallest absolute Gasteiger partial charge is 0.306 e. The van der Waals surface area contributed by atoms with E-state index in [-0.39, 0.29) is 11.6 Å². The highest BCUT2D eigenvalue weighted by Gasteiger charge is 2.66. The van der Waals surface area contributed by atoms with Crippen LogP contribution in [0.25, 0.3) is 0 Å². The molecule has 2 aliphatic carbocycles. The third-order valence-corrected chi connectivity index (χ3v) is 6.16. The van der Waals surface area contributed by atoms with Gasteiger partial charge in [0.1, 0.15) is 5.60 Å². The molecule has 3 aliphatic rings. The Morgan fingerprint density at radius 3 is 2.73 bits per heavy atom. The van der Waals surface area contributed by atoms with E-state index in [0.717, 1.165) is 24.7 Å². The van der Waals surface area contributed by atoms with Crippen molar-refractivity contribution in [2.45, 2.75) is 50.0 Å². The summed E-state index contributed by atoms with van der Waals surface area (Å²) in [6.07, 6.45) is 3.78. The number of alkyl halides is 1. The maximum Gasteiger partial charge on any atom is 0.306 e. The van der Waals surface area contributed by atoms with Gasteiger partial charge in [-0.2, -0.15) is 0 Å². The van der Waals surface area contributed by atoms with E-state index in [1.54, 1.807) is 0 Å². The highest BCUT2D eigenvalue weighted by Crippen LogP contribution is 2.68. The van der Waals surface area contributed by atoms with Crippen LogP contribution in [-0.2, 0) is 9.53 Å². The van der Waals surface area contributed by atoms with Crippen LogP contribution < -0.4 is 0 Å². The van der Waals surface area contributed by atoms with E-state index in [9.17, 15) is 4.79 Å². The molecular weight excluding hydrogens is 256 g/mol. The van der Waals surface area contributed by atoms with E-state index in [1.165, 1.54) is 6.42 Å². The van der Waals surface area contributed by atoms with Crippen molar-refractivity contribution in [2.24, 2.45) is 17.3 Å². The molecule has 3 rings (SSSR count). The van der Waals surface area contributed by atoms with Crippen LogP contribution in [0.15, 0.2) is 0 Å². The quantitative estimate of drug-likeness (QED) is 0.501. The summed E-state index contributed by atoms with van der Waals surface area (Å²) in [6.45, 7) is 4.69. The lowest BCUT2D eigenvalue weighted by Crippen LogP contribution is -2.42. The molecule has 0 radical (unpaired) electrons. The number of esters is 1. The van der Waals surface area contributed by atoms with Gasteiger partial charge >= 0.3 is 5.97 Å². The summed E-state index contributed by atoms with van der Waals surface area (Å²) in [5.41, 5.74) is 0.316. The molecule has 0 aromatic rings. The number of halogens is 1. The van der Waals surface area contributed by atoms with Crippen LogP contribution >= 0.6 is 15.9 Å². The van der Waals surface area contributed by atoms with E-state index in [4.69, 9.17) is 4.74 Å². The summed E-state index contributed by atoms with van der Waals surface area (Å²) in [6, 6.07) is 0. The molecule has 0 aromatic heterocycles. The lowest BCUT2D eigenvalue weighted by molar-refractivity contribution is -0.150. The van der Waals surface area contributed by atoms with Gasteiger partial charge in [-0.05, 0) is 36.5 Å². The van der Waals surface area contributed by atoms with Crippen LogP contribution in [0.1, 0.15) is 39.5 Å². The first kappa shape index (κ1) is 10.1. The van der Waals surface area contributed by atoms with Crippen molar-refractivity contribution in [3.05, 3.63) is 0 Å². The summed E-state index contributed by atoms with van der Waals surface area (Å²) in [5, 5.41) is 0. The molecule has 1 saturated heterocycles. The lowest BCUT2D eigenvalue weighted by Gasteiger charge is -2.36. The fraction of sp³-hybridized carbons (Fsp3) is 0.917. The van der Waals surface area contributed by atoms with Crippen LogP contribution in [0.2, 0.25) is 0 Å². The minimum Gasteiger partial charge on any atom is -0.458 e. The SMILES string of the molecule is CC1(C)[C@@H]2C[C@@H](Br)[C@@]3(CCC(=O)O3)C[C@@H]21. The Bertz CT molecular complexity index is 326. The monoisotopic (exact) mass is 272 g/mol. The van der Waals surface area contributed by atoms with Gasteiger partial charge in [-0.3, -0.25) is 4.79 Å². The molecule has 0 bridgehead atoms. The van der Waals surface area contributed by atoms with Gasteiger partial charge in [0.2, 0.25) is 0 Å². The van der Waals surface area contributed by atoms with Crippen molar-refractivity contribution in [2.75, 3.05) is 0 Å². The third kappa shape index (κ3) is 1.25. The zero-order valence-electron chi connectivity index (χ0n) is 9.25. The molecule has 2 nitrogen and oxygen atoms in total. The van der Waals surface area contributed by atoms with Gasteiger partial charge in [0, 0.05) is 6.42 Å². The maximum absolute atomic E-state index is 11.3. The summed E-state index contributed by atoms with van der Waals surface area (Å²) in [4.78, 5) is 11.7. The molecule has 1 aliphatic heterocycles. The van der Waals surface area contributed by atoms with Crippen LogP contribution in [0.3, 0.4) is 0 Å². The Morgan fingerprint density at radius 2 is 2.13 bits per heavy atom.